The lowest BCUT2D eigenvalue weighted by molar-refractivity contribution is -0.151. The monoisotopic (exact) mass is 516 g/mol. The lowest BCUT2D eigenvalue weighted by Gasteiger charge is -2.38. The number of aliphatic carboxylic acids is 1. The highest BCUT2D eigenvalue weighted by atomic mass is 16.6. The van der Waals surface area contributed by atoms with Gasteiger partial charge in [-0.15, -0.1) is 0 Å². The number of carbonyl (C=O) groups excluding carboxylic acids is 2. The fourth-order valence-corrected chi connectivity index (χ4v) is 5.46. The number of ketones is 1. The van der Waals surface area contributed by atoms with Gasteiger partial charge in [0.2, 0.25) is 0 Å². The van der Waals surface area contributed by atoms with Crippen LogP contribution >= 0.6 is 0 Å². The Morgan fingerprint density at radius 1 is 0.718 bits per heavy atom. The van der Waals surface area contributed by atoms with E-state index in [-0.39, 0.29) is 36.2 Å². The van der Waals surface area contributed by atoms with Gasteiger partial charge in [-0.2, -0.15) is 0 Å². The van der Waals surface area contributed by atoms with Gasteiger partial charge in [-0.3, -0.25) is 9.59 Å². The molecule has 0 amide bonds. The van der Waals surface area contributed by atoms with Crippen LogP contribution in [-0.2, 0) is 27.2 Å². The molecule has 5 rings (SSSR count). The van der Waals surface area contributed by atoms with E-state index in [0.717, 1.165) is 11.1 Å². The van der Waals surface area contributed by atoms with Crippen molar-refractivity contribution in [1.29, 1.82) is 0 Å². The molecule has 0 bridgehead atoms. The van der Waals surface area contributed by atoms with Crippen LogP contribution in [0.5, 0.6) is 0 Å². The summed E-state index contributed by atoms with van der Waals surface area (Å²) >= 11 is 0. The molecule has 0 spiro atoms. The highest BCUT2D eigenvalue weighted by Crippen LogP contribution is 2.49. The molecular weight excluding hydrogens is 488 g/mol. The number of hydrogen-bond acceptors (Lipinski definition) is 4. The normalized spacial score (nSPS) is 17.5. The summed E-state index contributed by atoms with van der Waals surface area (Å²) in [5.41, 5.74) is 1.73. The zero-order valence-corrected chi connectivity index (χ0v) is 21.3. The molecule has 0 saturated heterocycles. The van der Waals surface area contributed by atoms with Crippen molar-refractivity contribution < 1.29 is 24.2 Å². The largest absolute Gasteiger partial charge is 0.481 e. The molecule has 0 aromatic heterocycles. The van der Waals surface area contributed by atoms with Crippen LogP contribution in [-0.4, -0.2) is 28.4 Å². The molecule has 0 aliphatic carbocycles. The maximum absolute atomic E-state index is 14.4. The lowest BCUT2D eigenvalue weighted by atomic mass is 9.69. The van der Waals surface area contributed by atoms with Crippen LogP contribution in [0.4, 0.5) is 0 Å². The van der Waals surface area contributed by atoms with Crippen molar-refractivity contribution in [2.24, 2.45) is 0 Å². The molecule has 4 aromatic carbocycles. The summed E-state index contributed by atoms with van der Waals surface area (Å²) < 4.78 is 6.31. The first-order chi connectivity index (χ1) is 19.0. The first kappa shape index (κ1) is 25.9. The average molecular weight is 517 g/mol. The Bertz CT molecular complexity index is 1490. The molecule has 2 unspecified atom stereocenters. The van der Waals surface area contributed by atoms with Gasteiger partial charge in [-0.25, -0.2) is 4.79 Å². The van der Waals surface area contributed by atoms with Crippen LogP contribution in [0, 0.1) is 0 Å². The quantitative estimate of drug-likeness (QED) is 0.200. The third-order valence-electron chi connectivity index (χ3n) is 7.19. The minimum absolute atomic E-state index is 0.151. The lowest BCUT2D eigenvalue weighted by Crippen LogP contribution is -2.44. The number of ether oxygens (including phenoxy) is 1. The number of carboxylic acid groups (broad SMARTS) is 1. The van der Waals surface area contributed by atoms with Gasteiger partial charge in [0, 0.05) is 24.3 Å². The van der Waals surface area contributed by atoms with Crippen molar-refractivity contribution in [3.63, 3.8) is 0 Å². The smallest absolute Gasteiger partial charge is 0.335 e. The molecule has 5 heteroatoms. The minimum atomic E-state index is -1.53. The standard InChI is InChI=1S/C34H28O5/c35-30(36)22-29(26-17-9-3-10-18-26)34(23-25-15-7-2-8-16-25)31(32(37)27-19-11-4-12-20-27)28(33(38)39-34)21-24-13-5-1-6-14-24/h1-20,29H,21-23H2,(H,35,36). The van der Waals surface area contributed by atoms with Gasteiger partial charge in [0.1, 0.15) is 0 Å². The molecule has 194 valence electrons. The molecule has 39 heavy (non-hydrogen) atoms. The number of hydrogen-bond donors (Lipinski definition) is 1. The van der Waals surface area contributed by atoms with E-state index in [4.69, 9.17) is 4.74 Å². The Morgan fingerprint density at radius 2 is 1.23 bits per heavy atom. The number of rotatable bonds is 10. The van der Waals surface area contributed by atoms with Gasteiger partial charge in [0.25, 0.3) is 0 Å². The van der Waals surface area contributed by atoms with Gasteiger partial charge in [-0.05, 0) is 16.7 Å². The number of carboxylic acids is 1. The molecule has 0 fully saturated rings. The summed E-state index contributed by atoms with van der Waals surface area (Å²) in [6.07, 6.45) is 0.0195. The Morgan fingerprint density at radius 3 is 1.79 bits per heavy atom. The van der Waals surface area contributed by atoms with Crippen LogP contribution in [0.1, 0.15) is 39.4 Å². The maximum atomic E-state index is 14.4. The Kier molecular flexibility index (Phi) is 7.50. The van der Waals surface area contributed by atoms with Gasteiger partial charge in [-0.1, -0.05) is 121 Å². The van der Waals surface area contributed by atoms with Gasteiger partial charge >= 0.3 is 11.9 Å². The van der Waals surface area contributed by atoms with Crippen LogP contribution in [0.3, 0.4) is 0 Å². The summed E-state index contributed by atoms with van der Waals surface area (Å²) in [7, 11) is 0. The Balaban J connectivity index is 1.79. The van der Waals surface area contributed by atoms with Gasteiger partial charge < -0.3 is 9.84 Å². The van der Waals surface area contributed by atoms with E-state index >= 15 is 0 Å². The number of Topliss-reactive ketones (excluding diaryl/α,β-unsaturated/α-hetero) is 1. The van der Waals surface area contributed by atoms with Crippen molar-refractivity contribution in [2.75, 3.05) is 0 Å². The summed E-state index contributed by atoms with van der Waals surface area (Å²) in [6.45, 7) is 0. The van der Waals surface area contributed by atoms with E-state index < -0.39 is 23.5 Å². The van der Waals surface area contributed by atoms with Crippen molar-refractivity contribution in [2.45, 2.75) is 30.8 Å². The fourth-order valence-electron chi connectivity index (χ4n) is 5.46. The van der Waals surface area contributed by atoms with E-state index in [1.54, 1.807) is 24.3 Å². The third-order valence-corrected chi connectivity index (χ3v) is 7.19. The molecule has 5 nitrogen and oxygen atoms in total. The van der Waals surface area contributed by atoms with E-state index in [9.17, 15) is 19.5 Å². The fraction of sp³-hybridized carbons (Fsp3) is 0.147. The maximum Gasteiger partial charge on any atom is 0.335 e. The first-order valence-corrected chi connectivity index (χ1v) is 12.9. The molecule has 4 aromatic rings. The van der Waals surface area contributed by atoms with Gasteiger partial charge in [0.15, 0.2) is 11.4 Å². The highest BCUT2D eigenvalue weighted by Gasteiger charge is 2.56. The van der Waals surface area contributed by atoms with Crippen molar-refractivity contribution >= 4 is 17.7 Å². The molecule has 2 atom stereocenters. The van der Waals surface area contributed by atoms with Crippen molar-refractivity contribution in [3.05, 3.63) is 155 Å². The van der Waals surface area contributed by atoms with E-state index in [0.29, 0.717) is 11.1 Å². The first-order valence-electron chi connectivity index (χ1n) is 12.9. The molecule has 0 radical (unpaired) electrons. The summed E-state index contributed by atoms with van der Waals surface area (Å²) in [4.78, 5) is 40.4. The summed E-state index contributed by atoms with van der Waals surface area (Å²) in [6, 6.07) is 36.8. The summed E-state index contributed by atoms with van der Waals surface area (Å²) in [5, 5.41) is 10.1. The van der Waals surface area contributed by atoms with Crippen LogP contribution in [0.2, 0.25) is 0 Å². The van der Waals surface area contributed by atoms with Crippen molar-refractivity contribution in [3.8, 4) is 0 Å². The topological polar surface area (TPSA) is 80.7 Å². The van der Waals surface area contributed by atoms with E-state index in [1.807, 2.05) is 97.1 Å². The number of carbonyl (C=O) groups is 3. The number of benzene rings is 4. The highest BCUT2D eigenvalue weighted by molar-refractivity contribution is 6.16. The minimum Gasteiger partial charge on any atom is -0.481 e. The molecular formula is C34H28O5. The SMILES string of the molecule is O=C(O)CC(c1ccccc1)C1(Cc2ccccc2)OC(=O)C(Cc2ccccc2)=C1C(=O)c1ccccc1. The second-order valence-electron chi connectivity index (χ2n) is 9.71. The molecule has 1 aliphatic rings. The Labute approximate surface area is 227 Å². The molecule has 1 heterocycles. The second-order valence-corrected chi connectivity index (χ2v) is 9.71. The van der Waals surface area contributed by atoms with Crippen LogP contribution in [0.25, 0.3) is 0 Å². The van der Waals surface area contributed by atoms with E-state index in [1.165, 1.54) is 0 Å². The molecule has 0 saturated carbocycles. The predicted octanol–water partition coefficient (Wildman–Crippen LogP) is 6.21. The van der Waals surface area contributed by atoms with Crippen molar-refractivity contribution in [1.82, 2.24) is 0 Å². The zero-order chi connectivity index (χ0) is 27.2. The van der Waals surface area contributed by atoms with Crippen LogP contribution < -0.4 is 0 Å². The predicted molar refractivity (Wildman–Crippen MR) is 148 cm³/mol. The van der Waals surface area contributed by atoms with E-state index in [2.05, 4.69) is 0 Å². The van der Waals surface area contributed by atoms with Crippen LogP contribution in [0.15, 0.2) is 132 Å². The molecule has 1 aliphatic heterocycles. The zero-order valence-electron chi connectivity index (χ0n) is 21.3. The Hall–Kier alpha value is -4.77. The third kappa shape index (κ3) is 5.43. The average Bonchev–Trinajstić information content (AvgIpc) is 3.24. The number of esters is 1. The number of cyclic esters (lactones) is 1. The molecule has 1 N–H and O–H groups in total. The second kappa shape index (κ2) is 11.3. The summed E-state index contributed by atoms with van der Waals surface area (Å²) in [5.74, 6) is -2.79. The van der Waals surface area contributed by atoms with Gasteiger partial charge in [0.05, 0.1) is 17.6 Å².